The fourth-order valence-electron chi connectivity index (χ4n) is 4.64. The molecular formula is C30H31N5O5S. The molecule has 4 aromatic rings. The minimum atomic E-state index is -0.354. The van der Waals surface area contributed by atoms with Crippen LogP contribution < -0.4 is 25.7 Å². The molecule has 0 unspecified atom stereocenters. The SMILES string of the molecule is CCN(CC)CCNC(=O)c1ccc(NC(=O)c2ccc3c(=O)n(Cc4ccc5c(c4)OCO5)c(=S)[nH]c3c2)cc1. The Bertz CT molecular complexity index is 1710. The lowest BCUT2D eigenvalue weighted by Gasteiger charge is -2.18. The van der Waals surface area contributed by atoms with E-state index in [-0.39, 0.29) is 35.5 Å². The summed E-state index contributed by atoms with van der Waals surface area (Å²) < 4.78 is 12.5. The molecule has 2 amide bonds. The molecule has 0 bridgehead atoms. The molecular weight excluding hydrogens is 542 g/mol. The van der Waals surface area contributed by atoms with Crippen LogP contribution in [0.5, 0.6) is 11.5 Å². The fraction of sp³-hybridized carbons (Fsp3) is 0.267. The van der Waals surface area contributed by atoms with E-state index in [1.165, 1.54) is 4.57 Å². The van der Waals surface area contributed by atoms with Crippen molar-refractivity contribution >= 4 is 40.6 Å². The van der Waals surface area contributed by atoms with Gasteiger partial charge >= 0.3 is 0 Å². The standard InChI is InChI=1S/C30H31N5O5S/c1-3-34(4-2)14-13-31-27(36)20-6-9-22(10-7-20)32-28(37)21-8-11-23-24(16-21)33-30(41)35(29(23)38)17-19-5-12-25-26(15-19)40-18-39-25/h5-12,15-16H,3-4,13-14,17-18H2,1-2H3,(H,31,36)(H,32,37)(H,33,41). The largest absolute Gasteiger partial charge is 0.454 e. The first kappa shape index (κ1) is 28.1. The number of hydrogen-bond donors (Lipinski definition) is 3. The van der Waals surface area contributed by atoms with Crippen LogP contribution in [0.15, 0.2) is 65.5 Å². The zero-order valence-corrected chi connectivity index (χ0v) is 23.7. The first-order valence-corrected chi connectivity index (χ1v) is 13.8. The molecule has 11 heteroatoms. The average molecular weight is 574 g/mol. The molecule has 0 saturated heterocycles. The number of amides is 2. The van der Waals surface area contributed by atoms with Crippen molar-refractivity contribution in [3.63, 3.8) is 0 Å². The van der Waals surface area contributed by atoms with E-state index in [4.69, 9.17) is 21.7 Å². The third kappa shape index (κ3) is 6.31. The van der Waals surface area contributed by atoms with E-state index in [0.717, 1.165) is 25.2 Å². The van der Waals surface area contributed by atoms with Crippen molar-refractivity contribution in [2.45, 2.75) is 20.4 Å². The second kappa shape index (κ2) is 12.4. The molecule has 0 saturated carbocycles. The highest BCUT2D eigenvalue weighted by atomic mass is 32.1. The lowest BCUT2D eigenvalue weighted by molar-refractivity contribution is 0.0948. The number of aromatic nitrogens is 2. The Morgan fingerprint density at radius 2 is 1.68 bits per heavy atom. The van der Waals surface area contributed by atoms with Gasteiger partial charge in [-0.05, 0) is 85.5 Å². The summed E-state index contributed by atoms with van der Waals surface area (Å²) in [4.78, 5) is 44.0. The van der Waals surface area contributed by atoms with E-state index < -0.39 is 0 Å². The highest BCUT2D eigenvalue weighted by molar-refractivity contribution is 7.71. The molecule has 0 aliphatic carbocycles. The topological polar surface area (TPSA) is 118 Å². The van der Waals surface area contributed by atoms with Crippen molar-refractivity contribution in [2.75, 3.05) is 38.3 Å². The predicted octanol–water partition coefficient (Wildman–Crippen LogP) is 4.16. The summed E-state index contributed by atoms with van der Waals surface area (Å²) in [5.41, 5.74) is 2.45. The number of ether oxygens (including phenoxy) is 2. The molecule has 0 radical (unpaired) electrons. The fourth-order valence-corrected chi connectivity index (χ4v) is 4.90. The Balaban J connectivity index is 1.26. The predicted molar refractivity (Wildman–Crippen MR) is 160 cm³/mol. The van der Waals surface area contributed by atoms with E-state index in [2.05, 4.69) is 34.4 Å². The van der Waals surface area contributed by atoms with E-state index in [9.17, 15) is 14.4 Å². The molecule has 2 heterocycles. The highest BCUT2D eigenvalue weighted by Gasteiger charge is 2.15. The van der Waals surface area contributed by atoms with Gasteiger partial charge in [-0.15, -0.1) is 0 Å². The van der Waals surface area contributed by atoms with Gasteiger partial charge in [0.2, 0.25) is 6.79 Å². The van der Waals surface area contributed by atoms with Crippen LogP contribution in [0.25, 0.3) is 10.9 Å². The number of carbonyl (C=O) groups is 2. The maximum Gasteiger partial charge on any atom is 0.262 e. The zero-order chi connectivity index (χ0) is 28.9. The van der Waals surface area contributed by atoms with Crippen LogP contribution in [-0.4, -0.2) is 59.2 Å². The Hall–Kier alpha value is -4.48. The Labute approximate surface area is 241 Å². The molecule has 3 N–H and O–H groups in total. The van der Waals surface area contributed by atoms with Gasteiger partial charge in [-0.1, -0.05) is 19.9 Å². The molecule has 5 rings (SSSR count). The van der Waals surface area contributed by atoms with Crippen LogP contribution in [0.3, 0.4) is 0 Å². The number of nitrogens with zero attached hydrogens (tertiary/aromatic N) is 2. The van der Waals surface area contributed by atoms with E-state index in [1.54, 1.807) is 48.5 Å². The van der Waals surface area contributed by atoms with Crippen LogP contribution in [-0.2, 0) is 6.54 Å². The quantitative estimate of drug-likeness (QED) is 0.244. The van der Waals surface area contributed by atoms with Crippen LogP contribution in [0.1, 0.15) is 40.1 Å². The highest BCUT2D eigenvalue weighted by Crippen LogP contribution is 2.32. The van der Waals surface area contributed by atoms with E-state index in [0.29, 0.717) is 45.8 Å². The maximum absolute atomic E-state index is 13.3. The first-order chi connectivity index (χ1) is 19.9. The molecule has 212 valence electrons. The molecule has 41 heavy (non-hydrogen) atoms. The van der Waals surface area contributed by atoms with Gasteiger partial charge < -0.3 is 30.0 Å². The van der Waals surface area contributed by atoms with Crippen molar-refractivity contribution in [1.29, 1.82) is 0 Å². The van der Waals surface area contributed by atoms with Crippen LogP contribution >= 0.6 is 12.2 Å². The third-order valence-corrected chi connectivity index (χ3v) is 7.36. The van der Waals surface area contributed by atoms with Crippen molar-refractivity contribution in [2.24, 2.45) is 0 Å². The van der Waals surface area contributed by atoms with Gasteiger partial charge in [0.15, 0.2) is 16.3 Å². The number of fused-ring (bicyclic) bond motifs is 2. The number of aromatic amines is 1. The lowest BCUT2D eigenvalue weighted by Crippen LogP contribution is -2.34. The van der Waals surface area contributed by atoms with Gasteiger partial charge in [0.25, 0.3) is 17.4 Å². The first-order valence-electron chi connectivity index (χ1n) is 13.4. The smallest absolute Gasteiger partial charge is 0.262 e. The Kier molecular flexibility index (Phi) is 8.46. The summed E-state index contributed by atoms with van der Waals surface area (Å²) >= 11 is 5.48. The number of carbonyl (C=O) groups excluding carboxylic acids is 2. The lowest BCUT2D eigenvalue weighted by atomic mass is 10.1. The van der Waals surface area contributed by atoms with Gasteiger partial charge in [0.05, 0.1) is 17.4 Å². The molecule has 1 aliphatic heterocycles. The summed E-state index contributed by atoms with van der Waals surface area (Å²) in [6.07, 6.45) is 0. The molecule has 10 nitrogen and oxygen atoms in total. The third-order valence-electron chi connectivity index (χ3n) is 7.03. The molecule has 3 aromatic carbocycles. The number of H-pyrrole nitrogens is 1. The summed E-state index contributed by atoms with van der Waals surface area (Å²) in [7, 11) is 0. The number of hydrogen-bond acceptors (Lipinski definition) is 7. The maximum atomic E-state index is 13.3. The van der Waals surface area contributed by atoms with Crippen LogP contribution in [0, 0.1) is 4.77 Å². The van der Waals surface area contributed by atoms with Crippen molar-refractivity contribution in [1.82, 2.24) is 19.8 Å². The van der Waals surface area contributed by atoms with Crippen LogP contribution in [0.2, 0.25) is 0 Å². The van der Waals surface area contributed by atoms with Gasteiger partial charge in [0, 0.05) is 29.9 Å². The van der Waals surface area contributed by atoms with E-state index in [1.807, 2.05) is 12.1 Å². The number of rotatable bonds is 10. The molecule has 1 aromatic heterocycles. The van der Waals surface area contributed by atoms with Crippen LogP contribution in [0.4, 0.5) is 5.69 Å². The second-order valence-electron chi connectivity index (χ2n) is 9.58. The van der Waals surface area contributed by atoms with Gasteiger partial charge in [-0.25, -0.2) is 0 Å². The number of anilines is 1. The zero-order valence-electron chi connectivity index (χ0n) is 22.9. The number of nitrogens with one attached hydrogen (secondary N) is 3. The summed E-state index contributed by atoms with van der Waals surface area (Å²) in [5.74, 6) is 0.778. The molecule has 0 atom stereocenters. The number of benzene rings is 3. The minimum Gasteiger partial charge on any atom is -0.454 e. The van der Waals surface area contributed by atoms with Crippen molar-refractivity contribution in [3.8, 4) is 11.5 Å². The number of likely N-dealkylation sites (N-methyl/N-ethyl adjacent to an activating group) is 1. The minimum absolute atomic E-state index is 0.163. The van der Waals surface area contributed by atoms with Gasteiger partial charge in [0.1, 0.15) is 0 Å². The second-order valence-corrected chi connectivity index (χ2v) is 9.97. The Morgan fingerprint density at radius 1 is 0.951 bits per heavy atom. The molecule has 1 aliphatic rings. The van der Waals surface area contributed by atoms with Crippen molar-refractivity contribution < 1.29 is 19.1 Å². The monoisotopic (exact) mass is 573 g/mol. The van der Waals surface area contributed by atoms with E-state index >= 15 is 0 Å². The Morgan fingerprint density at radius 3 is 2.44 bits per heavy atom. The van der Waals surface area contributed by atoms with Crippen molar-refractivity contribution in [3.05, 3.63) is 92.5 Å². The van der Waals surface area contributed by atoms with Gasteiger partial charge in [-0.2, -0.15) is 0 Å². The molecule has 0 fully saturated rings. The normalized spacial score (nSPS) is 12.1. The average Bonchev–Trinajstić information content (AvgIpc) is 3.45. The van der Waals surface area contributed by atoms with Gasteiger partial charge in [-0.3, -0.25) is 19.0 Å². The summed E-state index contributed by atoms with van der Waals surface area (Å²) in [6, 6.07) is 17.0. The summed E-state index contributed by atoms with van der Waals surface area (Å²) in [5, 5.41) is 6.16. The summed E-state index contributed by atoms with van der Waals surface area (Å²) in [6.45, 7) is 7.83. The molecule has 0 spiro atoms.